The highest BCUT2D eigenvalue weighted by Crippen LogP contribution is 2.18. The number of aromatic nitrogens is 4. The highest BCUT2D eigenvalue weighted by atomic mass is 16.1. The van der Waals surface area contributed by atoms with Crippen LogP contribution in [0.4, 0.5) is 11.6 Å². The maximum absolute atomic E-state index is 12.9. The molecule has 1 N–H and O–H groups in total. The van der Waals surface area contributed by atoms with Crippen LogP contribution >= 0.6 is 0 Å². The topological polar surface area (TPSA) is 72.7 Å². The summed E-state index contributed by atoms with van der Waals surface area (Å²) in [5.74, 6) is 0.394. The molecule has 0 saturated heterocycles. The molecule has 0 atom stereocenters. The zero-order chi connectivity index (χ0) is 16.4. The maximum Gasteiger partial charge on any atom is 0.287 e. The highest BCUT2D eigenvalue weighted by molar-refractivity contribution is 5.72. The fourth-order valence-electron chi connectivity index (χ4n) is 2.47. The molecule has 0 amide bonds. The van der Waals surface area contributed by atoms with E-state index >= 15 is 0 Å². The van der Waals surface area contributed by atoms with Gasteiger partial charge >= 0.3 is 0 Å². The fraction of sp³-hybridized carbons (Fsp3) is 0. The number of para-hydroxylation sites is 2. The van der Waals surface area contributed by atoms with Gasteiger partial charge in [-0.1, -0.05) is 36.4 Å². The normalized spacial score (nSPS) is 10.7. The number of rotatable bonds is 3. The molecule has 0 bridgehead atoms. The molecule has 2 heterocycles. The lowest BCUT2D eigenvalue weighted by molar-refractivity contribution is 0.958. The van der Waals surface area contributed by atoms with Crippen LogP contribution in [0.5, 0.6) is 0 Å². The van der Waals surface area contributed by atoms with Crippen LogP contribution in [0.15, 0.2) is 77.9 Å². The van der Waals surface area contributed by atoms with E-state index in [4.69, 9.17) is 0 Å². The molecule has 2 aromatic carbocycles. The smallest absolute Gasteiger partial charge is 0.287 e. The van der Waals surface area contributed by atoms with Gasteiger partial charge in [-0.2, -0.15) is 4.98 Å². The van der Waals surface area contributed by atoms with Crippen LogP contribution in [0.1, 0.15) is 0 Å². The van der Waals surface area contributed by atoms with Crippen LogP contribution in [0.25, 0.3) is 16.9 Å². The number of hydrogen-bond donors (Lipinski definition) is 1. The average molecular weight is 315 g/mol. The second kappa shape index (κ2) is 5.92. The van der Waals surface area contributed by atoms with Crippen molar-refractivity contribution in [1.82, 2.24) is 19.5 Å². The summed E-state index contributed by atoms with van der Waals surface area (Å²) in [7, 11) is 0. The lowest BCUT2D eigenvalue weighted by Crippen LogP contribution is -2.23. The van der Waals surface area contributed by atoms with Crippen molar-refractivity contribution in [3.8, 4) is 5.69 Å². The monoisotopic (exact) mass is 315 g/mol. The Morgan fingerprint density at radius 3 is 2.25 bits per heavy atom. The third-order valence-electron chi connectivity index (χ3n) is 3.55. The summed E-state index contributed by atoms with van der Waals surface area (Å²) in [4.78, 5) is 25.7. The van der Waals surface area contributed by atoms with Crippen LogP contribution in [0.3, 0.4) is 0 Å². The summed E-state index contributed by atoms with van der Waals surface area (Å²) in [6.45, 7) is 0. The van der Waals surface area contributed by atoms with Crippen LogP contribution in [-0.4, -0.2) is 19.5 Å². The first-order valence-electron chi connectivity index (χ1n) is 7.44. The predicted molar refractivity (Wildman–Crippen MR) is 92.7 cm³/mol. The van der Waals surface area contributed by atoms with Crippen molar-refractivity contribution >= 4 is 22.8 Å². The molecule has 0 aliphatic carbocycles. The molecule has 0 aliphatic heterocycles. The van der Waals surface area contributed by atoms with Crippen molar-refractivity contribution < 1.29 is 0 Å². The molecule has 24 heavy (non-hydrogen) atoms. The largest absolute Gasteiger partial charge is 0.325 e. The molecular weight excluding hydrogens is 302 g/mol. The van der Waals surface area contributed by atoms with Gasteiger partial charge in [-0.15, -0.1) is 0 Å². The second-order valence-corrected chi connectivity index (χ2v) is 5.13. The van der Waals surface area contributed by atoms with Crippen molar-refractivity contribution in [1.29, 1.82) is 0 Å². The molecule has 0 saturated carbocycles. The van der Waals surface area contributed by atoms with Gasteiger partial charge in [-0.25, -0.2) is 14.5 Å². The molecular formula is C18H13N5O. The molecule has 2 aromatic heterocycles. The number of hydrogen-bond acceptors (Lipinski definition) is 5. The Kier molecular flexibility index (Phi) is 3.47. The molecule has 0 aliphatic rings. The molecule has 6 heteroatoms. The summed E-state index contributed by atoms with van der Waals surface area (Å²) in [5, 5.41) is 3.19. The first-order chi connectivity index (χ1) is 11.8. The van der Waals surface area contributed by atoms with Gasteiger partial charge in [0.05, 0.1) is 5.69 Å². The Labute approximate surface area is 137 Å². The van der Waals surface area contributed by atoms with Gasteiger partial charge in [-0.05, 0) is 24.3 Å². The van der Waals surface area contributed by atoms with Crippen LogP contribution in [-0.2, 0) is 0 Å². The summed E-state index contributed by atoms with van der Waals surface area (Å²) >= 11 is 0. The number of benzene rings is 2. The van der Waals surface area contributed by atoms with Crippen LogP contribution < -0.4 is 10.9 Å². The lowest BCUT2D eigenvalue weighted by Gasteiger charge is -2.14. The molecule has 116 valence electrons. The van der Waals surface area contributed by atoms with Gasteiger partial charge in [0.25, 0.3) is 5.56 Å². The van der Waals surface area contributed by atoms with Crippen molar-refractivity contribution in [2.75, 3.05) is 5.32 Å². The minimum atomic E-state index is -0.266. The summed E-state index contributed by atoms with van der Waals surface area (Å²) < 4.78 is 1.50. The molecule has 0 fully saturated rings. The van der Waals surface area contributed by atoms with Gasteiger partial charge in [0, 0.05) is 18.1 Å². The van der Waals surface area contributed by atoms with E-state index < -0.39 is 0 Å². The SMILES string of the molecule is O=c1c2nccnc2nc(Nc2ccccc2)n1-c1ccccc1. The maximum atomic E-state index is 12.9. The quantitative estimate of drug-likeness (QED) is 0.629. The predicted octanol–water partition coefficient (Wildman–Crippen LogP) is 2.92. The molecule has 6 nitrogen and oxygen atoms in total. The summed E-state index contributed by atoms with van der Waals surface area (Å²) in [5.41, 5.74) is 1.82. The van der Waals surface area contributed by atoms with Gasteiger partial charge in [0.2, 0.25) is 5.95 Å². The number of nitrogens with zero attached hydrogens (tertiary/aromatic N) is 4. The van der Waals surface area contributed by atoms with E-state index in [1.54, 1.807) is 0 Å². The van der Waals surface area contributed by atoms with Gasteiger partial charge in [0.1, 0.15) is 0 Å². The van der Waals surface area contributed by atoms with Crippen molar-refractivity contribution in [3.63, 3.8) is 0 Å². The Morgan fingerprint density at radius 2 is 1.50 bits per heavy atom. The first kappa shape index (κ1) is 14.1. The van der Waals surface area contributed by atoms with E-state index in [2.05, 4.69) is 20.3 Å². The Morgan fingerprint density at radius 1 is 0.833 bits per heavy atom. The van der Waals surface area contributed by atoms with E-state index in [0.29, 0.717) is 17.3 Å². The molecule has 4 aromatic rings. The molecule has 4 rings (SSSR count). The first-order valence-corrected chi connectivity index (χ1v) is 7.44. The number of anilines is 2. The number of nitrogens with one attached hydrogen (secondary N) is 1. The zero-order valence-electron chi connectivity index (χ0n) is 12.6. The van der Waals surface area contributed by atoms with Crippen molar-refractivity contribution in [2.24, 2.45) is 0 Å². The van der Waals surface area contributed by atoms with Gasteiger partial charge < -0.3 is 5.32 Å². The second-order valence-electron chi connectivity index (χ2n) is 5.13. The third kappa shape index (κ3) is 2.50. The van der Waals surface area contributed by atoms with E-state index in [-0.39, 0.29) is 11.1 Å². The van der Waals surface area contributed by atoms with E-state index in [0.717, 1.165) is 5.69 Å². The summed E-state index contributed by atoms with van der Waals surface area (Å²) in [6.07, 6.45) is 3.01. The Hall–Kier alpha value is -3.54. The van der Waals surface area contributed by atoms with Gasteiger partial charge in [0.15, 0.2) is 11.2 Å². The van der Waals surface area contributed by atoms with Crippen molar-refractivity contribution in [2.45, 2.75) is 0 Å². The van der Waals surface area contributed by atoms with E-state index in [9.17, 15) is 4.79 Å². The van der Waals surface area contributed by atoms with Gasteiger partial charge in [-0.3, -0.25) is 4.79 Å². The van der Waals surface area contributed by atoms with Crippen molar-refractivity contribution in [3.05, 3.63) is 83.4 Å². The average Bonchev–Trinajstić information content (AvgIpc) is 2.64. The molecule has 0 unspecified atom stereocenters. The Bertz CT molecular complexity index is 1050. The Balaban J connectivity index is 1.98. The fourth-order valence-corrected chi connectivity index (χ4v) is 2.47. The van der Waals surface area contributed by atoms with E-state index in [1.807, 2.05) is 60.7 Å². The number of fused-ring (bicyclic) bond motifs is 1. The van der Waals surface area contributed by atoms with Crippen LogP contribution in [0, 0.1) is 0 Å². The minimum absolute atomic E-state index is 0.236. The minimum Gasteiger partial charge on any atom is -0.325 e. The standard InChI is InChI=1S/C18H13N5O/c24-17-15-16(20-12-11-19-15)22-18(21-13-7-3-1-4-8-13)23(17)14-9-5-2-6-10-14/h1-12H,(H,20,21,22). The third-order valence-corrected chi connectivity index (χ3v) is 3.55. The highest BCUT2D eigenvalue weighted by Gasteiger charge is 2.14. The van der Waals surface area contributed by atoms with E-state index in [1.165, 1.54) is 17.0 Å². The zero-order valence-corrected chi connectivity index (χ0v) is 12.6. The molecule has 0 radical (unpaired) electrons. The van der Waals surface area contributed by atoms with Crippen LogP contribution in [0.2, 0.25) is 0 Å². The molecule has 0 spiro atoms. The summed E-state index contributed by atoms with van der Waals surface area (Å²) in [6, 6.07) is 18.9. The lowest BCUT2D eigenvalue weighted by atomic mass is 10.3.